The molecule has 1 aromatic heterocycles. The molecule has 0 aliphatic heterocycles. The quantitative estimate of drug-likeness (QED) is 0.748. The summed E-state index contributed by atoms with van der Waals surface area (Å²) in [6.45, 7) is 4.35. The Morgan fingerprint density at radius 2 is 2.46 bits per heavy atom. The van der Waals surface area contributed by atoms with Gasteiger partial charge in [-0.05, 0) is 26.2 Å². The summed E-state index contributed by atoms with van der Waals surface area (Å²) >= 11 is 1.74. The number of aromatic nitrogens is 1. The lowest BCUT2D eigenvalue weighted by atomic mass is 9.85. The third-order valence-electron chi connectivity index (χ3n) is 3.02. The number of thiazole rings is 1. The number of rotatable bonds is 1. The zero-order valence-electron chi connectivity index (χ0n) is 8.21. The molecule has 2 N–H and O–H groups in total. The summed E-state index contributed by atoms with van der Waals surface area (Å²) in [7, 11) is 0. The average Bonchev–Trinajstić information content (AvgIpc) is 2.60. The topological polar surface area (TPSA) is 38.9 Å². The summed E-state index contributed by atoms with van der Waals surface area (Å²) in [5, 5.41) is 3.35. The van der Waals surface area contributed by atoms with Gasteiger partial charge in [-0.15, -0.1) is 11.3 Å². The Labute approximate surface area is 83.2 Å². The first kappa shape index (κ1) is 9.16. The molecule has 2 rings (SSSR count). The van der Waals surface area contributed by atoms with Crippen molar-refractivity contribution in [1.29, 1.82) is 0 Å². The fourth-order valence-electron chi connectivity index (χ4n) is 2.16. The summed E-state index contributed by atoms with van der Waals surface area (Å²) < 4.78 is 0. The van der Waals surface area contributed by atoms with E-state index < -0.39 is 0 Å². The van der Waals surface area contributed by atoms with Gasteiger partial charge in [0.15, 0.2) is 0 Å². The molecule has 0 radical (unpaired) electrons. The van der Waals surface area contributed by atoms with Crippen molar-refractivity contribution < 1.29 is 0 Å². The lowest BCUT2D eigenvalue weighted by Crippen LogP contribution is -2.22. The maximum atomic E-state index is 5.93. The Morgan fingerprint density at radius 3 is 2.92 bits per heavy atom. The van der Waals surface area contributed by atoms with Gasteiger partial charge in [-0.1, -0.05) is 6.92 Å². The molecule has 0 aromatic carbocycles. The van der Waals surface area contributed by atoms with Gasteiger partial charge in [-0.2, -0.15) is 0 Å². The highest BCUT2D eigenvalue weighted by Crippen LogP contribution is 2.40. The molecule has 0 amide bonds. The Balaban J connectivity index is 2.25. The Kier molecular flexibility index (Phi) is 2.16. The van der Waals surface area contributed by atoms with E-state index in [4.69, 9.17) is 5.73 Å². The monoisotopic (exact) mass is 196 g/mol. The third-order valence-corrected chi connectivity index (χ3v) is 3.79. The highest BCUT2D eigenvalue weighted by molar-refractivity contribution is 7.09. The van der Waals surface area contributed by atoms with Crippen LogP contribution in [0.3, 0.4) is 0 Å². The van der Waals surface area contributed by atoms with Crippen LogP contribution in [-0.2, 0) is 5.41 Å². The van der Waals surface area contributed by atoms with Crippen LogP contribution >= 0.6 is 11.3 Å². The van der Waals surface area contributed by atoms with Crippen LogP contribution in [-0.4, -0.2) is 11.0 Å². The van der Waals surface area contributed by atoms with Crippen LogP contribution in [0.4, 0.5) is 0 Å². The second kappa shape index (κ2) is 3.07. The van der Waals surface area contributed by atoms with Gasteiger partial charge in [0.2, 0.25) is 0 Å². The zero-order chi connectivity index (χ0) is 9.47. The van der Waals surface area contributed by atoms with Gasteiger partial charge in [-0.25, -0.2) is 4.98 Å². The van der Waals surface area contributed by atoms with Crippen LogP contribution in [0, 0.1) is 6.92 Å². The molecule has 72 valence electrons. The van der Waals surface area contributed by atoms with Gasteiger partial charge >= 0.3 is 0 Å². The number of hydrogen-bond donors (Lipinski definition) is 1. The zero-order valence-corrected chi connectivity index (χ0v) is 9.03. The van der Waals surface area contributed by atoms with Crippen molar-refractivity contribution in [2.75, 3.05) is 0 Å². The van der Waals surface area contributed by atoms with Crippen LogP contribution < -0.4 is 5.73 Å². The molecule has 0 saturated heterocycles. The molecule has 1 saturated carbocycles. The number of aryl methyl sites for hydroxylation is 1. The molecule has 0 spiro atoms. The normalized spacial score (nSPS) is 33.9. The first-order valence-corrected chi connectivity index (χ1v) is 5.66. The van der Waals surface area contributed by atoms with Gasteiger partial charge < -0.3 is 5.73 Å². The molecule has 2 unspecified atom stereocenters. The summed E-state index contributed by atoms with van der Waals surface area (Å²) in [4.78, 5) is 4.56. The maximum absolute atomic E-state index is 5.93. The van der Waals surface area contributed by atoms with Gasteiger partial charge in [0, 0.05) is 16.8 Å². The smallest absolute Gasteiger partial charge is 0.0897 e. The van der Waals surface area contributed by atoms with E-state index in [1.165, 1.54) is 12.1 Å². The molecule has 1 aliphatic rings. The minimum absolute atomic E-state index is 0.254. The fourth-order valence-corrected chi connectivity index (χ4v) is 2.93. The van der Waals surface area contributed by atoms with Gasteiger partial charge in [-0.3, -0.25) is 0 Å². The highest BCUT2D eigenvalue weighted by Gasteiger charge is 2.36. The minimum atomic E-state index is 0.254. The number of nitrogens with two attached hydrogens (primary N) is 1. The largest absolute Gasteiger partial charge is 0.328 e. The Morgan fingerprint density at radius 1 is 1.69 bits per heavy atom. The van der Waals surface area contributed by atoms with Crippen LogP contribution in [0.25, 0.3) is 0 Å². The molecule has 1 fully saturated rings. The SMILES string of the molecule is Cc1nc(C2(C)CCC(N)C2)cs1. The van der Waals surface area contributed by atoms with Gasteiger partial charge in [0.25, 0.3) is 0 Å². The van der Waals surface area contributed by atoms with E-state index >= 15 is 0 Å². The second-order valence-corrected chi connectivity index (χ2v) is 5.38. The van der Waals surface area contributed by atoms with Crippen LogP contribution in [0.2, 0.25) is 0 Å². The summed E-state index contributed by atoms with van der Waals surface area (Å²) in [5.41, 5.74) is 7.44. The van der Waals surface area contributed by atoms with Crippen molar-refractivity contribution in [3.63, 3.8) is 0 Å². The molecule has 3 heteroatoms. The molecule has 1 aliphatic carbocycles. The van der Waals surface area contributed by atoms with Crippen LogP contribution in [0.5, 0.6) is 0 Å². The van der Waals surface area contributed by atoms with E-state index in [-0.39, 0.29) is 5.41 Å². The van der Waals surface area contributed by atoms with E-state index in [9.17, 15) is 0 Å². The Bertz CT molecular complexity index is 308. The highest BCUT2D eigenvalue weighted by atomic mass is 32.1. The lowest BCUT2D eigenvalue weighted by Gasteiger charge is -2.20. The lowest BCUT2D eigenvalue weighted by molar-refractivity contribution is 0.469. The molecule has 2 atom stereocenters. The summed E-state index contributed by atoms with van der Waals surface area (Å²) in [6.07, 6.45) is 3.43. The van der Waals surface area contributed by atoms with Crippen molar-refractivity contribution in [3.8, 4) is 0 Å². The van der Waals surface area contributed by atoms with Gasteiger partial charge in [0.05, 0.1) is 10.7 Å². The second-order valence-electron chi connectivity index (χ2n) is 4.32. The van der Waals surface area contributed by atoms with Crippen molar-refractivity contribution in [2.24, 2.45) is 5.73 Å². The van der Waals surface area contributed by atoms with Crippen molar-refractivity contribution >= 4 is 11.3 Å². The fraction of sp³-hybridized carbons (Fsp3) is 0.700. The van der Waals surface area contributed by atoms with Gasteiger partial charge in [0.1, 0.15) is 0 Å². The van der Waals surface area contributed by atoms with Crippen LogP contribution in [0.1, 0.15) is 36.9 Å². The van der Waals surface area contributed by atoms with Crippen LogP contribution in [0.15, 0.2) is 5.38 Å². The first-order chi connectivity index (χ1) is 6.10. The first-order valence-electron chi connectivity index (χ1n) is 4.78. The number of nitrogens with zero attached hydrogens (tertiary/aromatic N) is 1. The molecular weight excluding hydrogens is 180 g/mol. The third kappa shape index (κ3) is 1.63. The molecule has 2 nitrogen and oxygen atoms in total. The molecular formula is C10H16N2S. The van der Waals surface area contributed by atoms with E-state index in [1.54, 1.807) is 11.3 Å². The average molecular weight is 196 g/mol. The molecule has 1 heterocycles. The standard InChI is InChI=1S/C10H16N2S/c1-7-12-9(6-13-7)10(2)4-3-8(11)5-10/h6,8H,3-5,11H2,1-2H3. The van der Waals surface area contributed by atoms with Crippen molar-refractivity contribution in [1.82, 2.24) is 4.98 Å². The maximum Gasteiger partial charge on any atom is 0.0897 e. The summed E-state index contributed by atoms with van der Waals surface area (Å²) in [6, 6.07) is 0.381. The molecule has 1 aromatic rings. The van der Waals surface area contributed by atoms with E-state index in [0.29, 0.717) is 6.04 Å². The van der Waals surface area contributed by atoms with E-state index in [0.717, 1.165) is 17.8 Å². The molecule has 13 heavy (non-hydrogen) atoms. The minimum Gasteiger partial charge on any atom is -0.328 e. The molecule has 0 bridgehead atoms. The Hall–Kier alpha value is -0.410. The predicted molar refractivity (Wildman–Crippen MR) is 56.0 cm³/mol. The van der Waals surface area contributed by atoms with Crippen molar-refractivity contribution in [2.45, 2.75) is 44.6 Å². The van der Waals surface area contributed by atoms with Crippen molar-refractivity contribution in [3.05, 3.63) is 16.1 Å². The van der Waals surface area contributed by atoms with E-state index in [2.05, 4.69) is 24.2 Å². The number of hydrogen-bond acceptors (Lipinski definition) is 3. The summed E-state index contributed by atoms with van der Waals surface area (Å²) in [5.74, 6) is 0. The predicted octanol–water partition coefficient (Wildman–Crippen LogP) is 2.22. The van der Waals surface area contributed by atoms with E-state index in [1.807, 2.05) is 0 Å².